The number of hydrogen-bond acceptors (Lipinski definition) is 5. The maximum atomic E-state index is 8.74. The second kappa shape index (κ2) is 10.6. The lowest BCUT2D eigenvalue weighted by Crippen LogP contribution is -2.31. The Kier molecular flexibility index (Phi) is 8.86. The standard InChI is InChI=1S/C19H19NO.H3N.H2O4S/c1-15(14-16-8-3-2-4-9-16)20-21-19-13-7-11-17-10-5-6-12-18(17)19;;1-5(2,3)4/h2-13,15,20H,14H2,1H3;1H3;(H2,1,2,3,4). The maximum absolute atomic E-state index is 8.74. The Morgan fingerprint density at radius 2 is 1.48 bits per heavy atom. The van der Waals surface area contributed by atoms with Gasteiger partial charge in [-0.05, 0) is 30.4 Å². The third-order valence-electron chi connectivity index (χ3n) is 3.50. The quantitative estimate of drug-likeness (QED) is 0.383. The normalized spacial score (nSPS) is 11.7. The molecular formula is C19H24N2O5S. The van der Waals surface area contributed by atoms with E-state index in [-0.39, 0.29) is 12.2 Å². The second-order valence-electron chi connectivity index (χ2n) is 5.74. The summed E-state index contributed by atoms with van der Waals surface area (Å²) >= 11 is 0. The van der Waals surface area contributed by atoms with Gasteiger partial charge < -0.3 is 11.0 Å². The lowest BCUT2D eigenvalue weighted by atomic mass is 10.1. The predicted octanol–water partition coefficient (Wildman–Crippen LogP) is 3.86. The lowest BCUT2D eigenvalue weighted by molar-refractivity contribution is 0.164. The zero-order chi connectivity index (χ0) is 19.0. The van der Waals surface area contributed by atoms with E-state index in [1.807, 2.05) is 30.3 Å². The van der Waals surface area contributed by atoms with Crippen LogP contribution >= 0.6 is 0 Å². The van der Waals surface area contributed by atoms with Crippen LogP contribution in [0.4, 0.5) is 0 Å². The molecular weight excluding hydrogens is 368 g/mol. The van der Waals surface area contributed by atoms with Crippen LogP contribution in [0.3, 0.4) is 0 Å². The van der Waals surface area contributed by atoms with Gasteiger partial charge >= 0.3 is 10.4 Å². The van der Waals surface area contributed by atoms with E-state index < -0.39 is 10.4 Å². The third-order valence-corrected chi connectivity index (χ3v) is 3.50. The van der Waals surface area contributed by atoms with Crippen LogP contribution in [0.5, 0.6) is 5.75 Å². The Balaban J connectivity index is 0.000000542. The van der Waals surface area contributed by atoms with Crippen LogP contribution in [0.15, 0.2) is 72.8 Å². The van der Waals surface area contributed by atoms with Gasteiger partial charge in [-0.25, -0.2) is 0 Å². The van der Waals surface area contributed by atoms with E-state index in [0.29, 0.717) is 0 Å². The van der Waals surface area contributed by atoms with E-state index in [0.717, 1.165) is 17.6 Å². The van der Waals surface area contributed by atoms with Crippen molar-refractivity contribution in [3.8, 4) is 5.75 Å². The van der Waals surface area contributed by atoms with Crippen LogP contribution in [0, 0.1) is 0 Å². The Labute approximate surface area is 159 Å². The first kappa shape index (κ1) is 22.6. The van der Waals surface area contributed by atoms with Crippen molar-refractivity contribution < 1.29 is 22.4 Å². The van der Waals surface area contributed by atoms with E-state index in [1.165, 1.54) is 10.9 Å². The van der Waals surface area contributed by atoms with Crippen molar-refractivity contribution in [1.82, 2.24) is 11.6 Å². The molecule has 0 saturated carbocycles. The molecule has 146 valence electrons. The Hall–Kier alpha value is -2.49. The first-order valence-electron chi connectivity index (χ1n) is 7.97. The predicted molar refractivity (Wildman–Crippen MR) is 107 cm³/mol. The number of rotatable bonds is 5. The van der Waals surface area contributed by atoms with Gasteiger partial charge in [0.05, 0.1) is 0 Å². The summed E-state index contributed by atoms with van der Waals surface area (Å²) in [5.74, 6) is 0.869. The summed E-state index contributed by atoms with van der Waals surface area (Å²) in [6, 6.07) is 25.0. The minimum atomic E-state index is -4.67. The minimum absolute atomic E-state index is 0. The van der Waals surface area contributed by atoms with Crippen molar-refractivity contribution in [3.05, 3.63) is 78.4 Å². The summed E-state index contributed by atoms with van der Waals surface area (Å²) in [5, 5.41) is 2.31. The molecule has 0 aliphatic heterocycles. The molecule has 3 rings (SSSR count). The highest BCUT2D eigenvalue weighted by Gasteiger charge is 2.06. The molecule has 27 heavy (non-hydrogen) atoms. The van der Waals surface area contributed by atoms with E-state index in [9.17, 15) is 0 Å². The Morgan fingerprint density at radius 3 is 2.15 bits per heavy atom. The van der Waals surface area contributed by atoms with Crippen molar-refractivity contribution in [2.75, 3.05) is 0 Å². The van der Waals surface area contributed by atoms with Gasteiger partial charge in [0, 0.05) is 11.4 Å². The summed E-state index contributed by atoms with van der Waals surface area (Å²) in [7, 11) is -4.67. The second-order valence-corrected chi connectivity index (χ2v) is 6.63. The fraction of sp³-hybridized carbons (Fsp3) is 0.158. The molecule has 0 fully saturated rings. The number of fused-ring (bicyclic) bond motifs is 1. The molecule has 3 aromatic carbocycles. The van der Waals surface area contributed by atoms with Crippen LogP contribution in [0.1, 0.15) is 12.5 Å². The molecule has 0 heterocycles. The van der Waals surface area contributed by atoms with Gasteiger partial charge in [-0.3, -0.25) is 9.11 Å². The highest BCUT2D eigenvalue weighted by Crippen LogP contribution is 2.24. The van der Waals surface area contributed by atoms with E-state index in [2.05, 4.69) is 54.9 Å². The zero-order valence-electron chi connectivity index (χ0n) is 14.9. The largest absolute Gasteiger partial charge is 0.408 e. The topological polar surface area (TPSA) is 131 Å². The van der Waals surface area contributed by atoms with Gasteiger partial charge in [0.1, 0.15) is 0 Å². The molecule has 0 aliphatic carbocycles. The van der Waals surface area contributed by atoms with Crippen LogP contribution in [0.2, 0.25) is 0 Å². The summed E-state index contributed by atoms with van der Waals surface area (Å²) in [6.07, 6.45) is 0.936. The number of nitrogens with one attached hydrogen (secondary N) is 1. The third kappa shape index (κ3) is 8.63. The molecule has 1 atom stereocenters. The highest BCUT2D eigenvalue weighted by atomic mass is 32.3. The molecule has 0 aromatic heterocycles. The molecule has 7 nitrogen and oxygen atoms in total. The molecule has 0 aliphatic rings. The SMILES string of the molecule is CC(Cc1ccccc1)NOc1cccc2ccccc12.N.O=S(=O)(O)O. The van der Waals surface area contributed by atoms with Crippen LogP contribution < -0.4 is 16.5 Å². The summed E-state index contributed by atoms with van der Waals surface area (Å²) in [4.78, 5) is 5.80. The molecule has 6 N–H and O–H groups in total. The highest BCUT2D eigenvalue weighted by molar-refractivity contribution is 7.79. The lowest BCUT2D eigenvalue weighted by Gasteiger charge is -2.15. The first-order chi connectivity index (χ1) is 12.3. The van der Waals surface area contributed by atoms with Gasteiger partial charge in [-0.15, -0.1) is 0 Å². The summed E-state index contributed by atoms with van der Waals surface area (Å²) < 4.78 is 31.6. The van der Waals surface area contributed by atoms with Crippen LogP contribution in [0.25, 0.3) is 10.8 Å². The minimum Gasteiger partial charge on any atom is -0.408 e. The van der Waals surface area contributed by atoms with Gasteiger partial charge in [-0.2, -0.15) is 13.9 Å². The number of hydroxylamine groups is 1. The number of benzene rings is 3. The molecule has 3 aromatic rings. The van der Waals surface area contributed by atoms with Gasteiger partial charge in [0.15, 0.2) is 5.75 Å². The van der Waals surface area contributed by atoms with Crippen molar-refractivity contribution in [3.63, 3.8) is 0 Å². The summed E-state index contributed by atoms with van der Waals surface area (Å²) in [6.45, 7) is 2.12. The first-order valence-corrected chi connectivity index (χ1v) is 9.36. The molecule has 0 amide bonds. The molecule has 0 saturated heterocycles. The molecule has 0 bridgehead atoms. The average molecular weight is 392 g/mol. The van der Waals surface area contributed by atoms with E-state index in [1.54, 1.807) is 0 Å². The van der Waals surface area contributed by atoms with Crippen LogP contribution in [-0.2, 0) is 16.8 Å². The van der Waals surface area contributed by atoms with Crippen LogP contribution in [-0.4, -0.2) is 23.6 Å². The van der Waals surface area contributed by atoms with Crippen molar-refractivity contribution in [2.24, 2.45) is 0 Å². The molecule has 1 unspecified atom stereocenters. The number of hydrogen-bond donors (Lipinski definition) is 4. The molecule has 0 radical (unpaired) electrons. The van der Waals surface area contributed by atoms with E-state index in [4.69, 9.17) is 22.4 Å². The molecule has 0 spiro atoms. The van der Waals surface area contributed by atoms with Crippen molar-refractivity contribution in [2.45, 2.75) is 19.4 Å². The monoisotopic (exact) mass is 392 g/mol. The Bertz CT molecular complexity index is 920. The fourth-order valence-corrected chi connectivity index (χ4v) is 2.46. The van der Waals surface area contributed by atoms with Crippen molar-refractivity contribution in [1.29, 1.82) is 0 Å². The fourth-order valence-electron chi connectivity index (χ4n) is 2.46. The van der Waals surface area contributed by atoms with Gasteiger partial charge in [0.25, 0.3) is 0 Å². The maximum Gasteiger partial charge on any atom is 0.394 e. The van der Waals surface area contributed by atoms with Crippen molar-refractivity contribution >= 4 is 21.2 Å². The van der Waals surface area contributed by atoms with Gasteiger partial charge in [0.2, 0.25) is 0 Å². The Morgan fingerprint density at radius 1 is 0.926 bits per heavy atom. The van der Waals surface area contributed by atoms with E-state index >= 15 is 0 Å². The average Bonchev–Trinajstić information content (AvgIpc) is 2.59. The summed E-state index contributed by atoms with van der Waals surface area (Å²) in [5.41, 5.74) is 4.44. The zero-order valence-corrected chi connectivity index (χ0v) is 15.8. The van der Waals surface area contributed by atoms with Gasteiger partial charge in [-0.1, -0.05) is 66.7 Å². The molecule has 8 heteroatoms. The smallest absolute Gasteiger partial charge is 0.394 e.